The monoisotopic (exact) mass is 441 g/mol. The molecule has 3 aromatic rings. The first kappa shape index (κ1) is 20.0. The number of hydrogen-bond donors (Lipinski definition) is 3. The lowest BCUT2D eigenvalue weighted by Crippen LogP contribution is -2.16. The first-order valence-corrected chi connectivity index (χ1v) is 10.8. The molecule has 0 bridgehead atoms. The molecule has 2 aliphatic rings. The number of aromatic nitrogens is 3. The van der Waals surface area contributed by atoms with Crippen LogP contribution >= 0.6 is 11.8 Å². The Morgan fingerprint density at radius 2 is 1.53 bits per heavy atom. The Hall–Kier alpha value is -3.97. The molecule has 3 N–H and O–H groups in total. The van der Waals surface area contributed by atoms with Crippen molar-refractivity contribution in [3.8, 4) is 28.6 Å². The van der Waals surface area contributed by atoms with E-state index in [0.717, 1.165) is 26.7 Å². The molecule has 0 unspecified atom stereocenters. The van der Waals surface area contributed by atoms with Gasteiger partial charge in [-0.3, -0.25) is 9.36 Å². The average Bonchev–Trinajstić information content (AvgIpc) is 3.12. The van der Waals surface area contributed by atoms with Crippen molar-refractivity contribution in [3.05, 3.63) is 107 Å². The van der Waals surface area contributed by atoms with Gasteiger partial charge in [-0.1, -0.05) is 42.1 Å². The molecule has 2 heterocycles. The van der Waals surface area contributed by atoms with Crippen molar-refractivity contribution >= 4 is 11.8 Å². The zero-order chi connectivity index (χ0) is 22.1. The van der Waals surface area contributed by atoms with Gasteiger partial charge in [0, 0.05) is 17.5 Å². The van der Waals surface area contributed by atoms with E-state index in [1.807, 2.05) is 30.3 Å². The summed E-state index contributed by atoms with van der Waals surface area (Å²) in [7, 11) is 0. The molecular formula is C25H19N3O3S. The molecule has 0 spiro atoms. The molecule has 3 aromatic carbocycles. The summed E-state index contributed by atoms with van der Waals surface area (Å²) >= 11 is 1.50. The van der Waals surface area contributed by atoms with Gasteiger partial charge in [0.15, 0.2) is 5.82 Å². The summed E-state index contributed by atoms with van der Waals surface area (Å²) in [6, 6.07) is 23.5. The number of phenols is 2. The first-order chi connectivity index (χ1) is 15.6. The summed E-state index contributed by atoms with van der Waals surface area (Å²) in [6.45, 7) is 0. The molecule has 0 atom stereocenters. The molecule has 158 valence electrons. The minimum atomic E-state index is -0.183. The summed E-state index contributed by atoms with van der Waals surface area (Å²) in [5.41, 5.74) is 2.72. The fourth-order valence-corrected chi connectivity index (χ4v) is 4.40. The number of rotatable bonds is 5. The van der Waals surface area contributed by atoms with Gasteiger partial charge in [-0.15, -0.1) is 0 Å². The molecule has 0 radical (unpaired) electrons. The van der Waals surface area contributed by atoms with Gasteiger partial charge >= 0.3 is 0 Å². The Morgan fingerprint density at radius 3 is 2.22 bits per heavy atom. The summed E-state index contributed by atoms with van der Waals surface area (Å²) < 4.78 is 1.57. The lowest BCUT2D eigenvalue weighted by molar-refractivity contribution is 0.474. The molecule has 2 aliphatic heterocycles. The predicted octanol–water partition coefficient (Wildman–Crippen LogP) is 4.82. The van der Waals surface area contributed by atoms with Gasteiger partial charge < -0.3 is 15.2 Å². The van der Waals surface area contributed by atoms with E-state index in [4.69, 9.17) is 0 Å². The van der Waals surface area contributed by atoms with E-state index < -0.39 is 0 Å². The number of aromatic amines is 1. The SMILES string of the molecule is O=c1c(Cc2ccc(O)cc2)nc2c(Sc3ccccc3)[nH]c(-c3ccc(O)cc3)cn1-2. The van der Waals surface area contributed by atoms with Gasteiger partial charge in [-0.05, 0) is 59.7 Å². The number of fused-ring (bicyclic) bond motifs is 1. The molecule has 0 aromatic heterocycles. The van der Waals surface area contributed by atoms with Gasteiger partial charge in [0.1, 0.15) is 22.2 Å². The summed E-state index contributed by atoms with van der Waals surface area (Å²) in [5.74, 6) is 0.915. The minimum Gasteiger partial charge on any atom is -0.508 e. The van der Waals surface area contributed by atoms with E-state index >= 15 is 0 Å². The van der Waals surface area contributed by atoms with Crippen LogP contribution in [-0.2, 0) is 6.42 Å². The van der Waals surface area contributed by atoms with Crippen molar-refractivity contribution < 1.29 is 10.2 Å². The third-order valence-corrected chi connectivity index (χ3v) is 6.09. The highest BCUT2D eigenvalue weighted by molar-refractivity contribution is 7.99. The second-order valence-corrected chi connectivity index (χ2v) is 8.44. The maximum absolute atomic E-state index is 13.2. The van der Waals surface area contributed by atoms with Crippen LogP contribution in [0.5, 0.6) is 11.5 Å². The van der Waals surface area contributed by atoms with Crippen LogP contribution < -0.4 is 5.56 Å². The quantitative estimate of drug-likeness (QED) is 0.364. The number of benzene rings is 3. The molecule has 0 saturated heterocycles. The molecule has 6 nitrogen and oxygen atoms in total. The number of H-pyrrole nitrogens is 1. The highest BCUT2D eigenvalue weighted by atomic mass is 32.2. The third kappa shape index (κ3) is 3.98. The smallest absolute Gasteiger partial charge is 0.278 e. The van der Waals surface area contributed by atoms with Crippen molar-refractivity contribution in [2.75, 3.05) is 0 Å². The summed E-state index contributed by atoms with van der Waals surface area (Å²) in [4.78, 5) is 22.3. The van der Waals surface area contributed by atoms with Gasteiger partial charge in [-0.2, -0.15) is 0 Å². The van der Waals surface area contributed by atoms with E-state index in [-0.39, 0.29) is 17.1 Å². The molecule has 32 heavy (non-hydrogen) atoms. The van der Waals surface area contributed by atoms with Gasteiger partial charge in [0.05, 0.1) is 5.69 Å². The molecule has 0 fully saturated rings. The number of hydrogen-bond acceptors (Lipinski definition) is 5. The van der Waals surface area contributed by atoms with E-state index in [2.05, 4.69) is 9.97 Å². The molecule has 0 amide bonds. The standard InChI is InChI=1S/C25H19N3O3S/c29-18-10-6-16(7-11-18)14-21-25(31)28-15-22(17-8-12-19(30)13-9-17)27-24(23(28)26-21)32-20-4-2-1-3-5-20/h1-13,15,27,29-30H,14H2. The Kier molecular flexibility index (Phi) is 5.17. The topological polar surface area (TPSA) is 91.1 Å². The number of phenolic OH excluding ortho intramolecular Hbond substituents is 2. The van der Waals surface area contributed by atoms with Crippen molar-refractivity contribution in [2.45, 2.75) is 16.3 Å². The minimum absolute atomic E-state index is 0.178. The Bertz CT molecular complexity index is 1390. The number of aromatic hydroxyl groups is 2. The second kappa shape index (κ2) is 8.28. The molecule has 0 saturated carbocycles. The van der Waals surface area contributed by atoms with Crippen molar-refractivity contribution in [3.63, 3.8) is 0 Å². The van der Waals surface area contributed by atoms with Crippen LogP contribution in [0.3, 0.4) is 0 Å². The van der Waals surface area contributed by atoms with Crippen molar-refractivity contribution in [2.24, 2.45) is 0 Å². The molecule has 0 aliphatic carbocycles. The van der Waals surface area contributed by atoms with Crippen LogP contribution in [0.1, 0.15) is 11.3 Å². The maximum Gasteiger partial charge on any atom is 0.278 e. The number of nitrogens with one attached hydrogen (secondary N) is 1. The zero-order valence-electron chi connectivity index (χ0n) is 16.9. The fraction of sp³-hybridized carbons (Fsp3) is 0.0400. The number of imidazole rings is 1. The van der Waals surface area contributed by atoms with Crippen LogP contribution in [0, 0.1) is 0 Å². The Morgan fingerprint density at radius 1 is 0.875 bits per heavy atom. The predicted molar refractivity (Wildman–Crippen MR) is 124 cm³/mol. The summed E-state index contributed by atoms with van der Waals surface area (Å²) in [6.07, 6.45) is 2.11. The van der Waals surface area contributed by atoms with E-state index in [9.17, 15) is 15.0 Å². The molecular weight excluding hydrogens is 422 g/mol. The van der Waals surface area contributed by atoms with Crippen LogP contribution in [0.2, 0.25) is 0 Å². The summed E-state index contributed by atoms with van der Waals surface area (Å²) in [5, 5.41) is 19.9. The zero-order valence-corrected chi connectivity index (χ0v) is 17.7. The second-order valence-electron chi connectivity index (χ2n) is 7.36. The van der Waals surface area contributed by atoms with Crippen LogP contribution in [0.4, 0.5) is 0 Å². The average molecular weight is 442 g/mol. The number of nitrogens with zero attached hydrogens (tertiary/aromatic N) is 2. The van der Waals surface area contributed by atoms with Crippen molar-refractivity contribution in [1.82, 2.24) is 14.5 Å². The van der Waals surface area contributed by atoms with Crippen LogP contribution in [0.15, 0.2) is 99.8 Å². The van der Waals surface area contributed by atoms with Gasteiger partial charge in [0.2, 0.25) is 0 Å². The fourth-order valence-electron chi connectivity index (χ4n) is 3.47. The van der Waals surface area contributed by atoms with Crippen molar-refractivity contribution in [1.29, 1.82) is 0 Å². The van der Waals surface area contributed by atoms with Gasteiger partial charge in [0.25, 0.3) is 5.56 Å². The largest absolute Gasteiger partial charge is 0.508 e. The highest BCUT2D eigenvalue weighted by Gasteiger charge is 2.21. The van der Waals surface area contributed by atoms with E-state index in [1.165, 1.54) is 11.8 Å². The van der Waals surface area contributed by atoms with Gasteiger partial charge in [-0.25, -0.2) is 4.98 Å². The highest BCUT2D eigenvalue weighted by Crippen LogP contribution is 2.33. The lowest BCUT2D eigenvalue weighted by atomic mass is 10.1. The molecule has 5 rings (SSSR count). The lowest BCUT2D eigenvalue weighted by Gasteiger charge is -2.12. The van der Waals surface area contributed by atoms with Crippen LogP contribution in [0.25, 0.3) is 17.1 Å². The normalized spacial score (nSPS) is 11.1. The maximum atomic E-state index is 13.2. The Balaban J connectivity index is 1.63. The van der Waals surface area contributed by atoms with E-state index in [0.29, 0.717) is 17.9 Å². The van der Waals surface area contributed by atoms with Crippen LogP contribution in [-0.4, -0.2) is 24.7 Å². The first-order valence-electron chi connectivity index (χ1n) is 10.0. The third-order valence-electron chi connectivity index (χ3n) is 5.09. The molecule has 7 heteroatoms. The Labute approximate surface area is 188 Å². The van der Waals surface area contributed by atoms with E-state index in [1.54, 1.807) is 59.3 Å².